The van der Waals surface area contributed by atoms with Crippen LogP contribution in [0.3, 0.4) is 0 Å². The summed E-state index contributed by atoms with van der Waals surface area (Å²) >= 11 is 0. The van der Waals surface area contributed by atoms with Gasteiger partial charge < -0.3 is 37.6 Å². The van der Waals surface area contributed by atoms with E-state index in [1.54, 1.807) is 0 Å². The van der Waals surface area contributed by atoms with Crippen molar-refractivity contribution in [3.63, 3.8) is 0 Å². The van der Waals surface area contributed by atoms with Crippen LogP contribution in [0.5, 0.6) is 0 Å². The van der Waals surface area contributed by atoms with Crippen LogP contribution in [0.2, 0.25) is 0 Å². The van der Waals surface area contributed by atoms with Crippen LogP contribution in [0.1, 0.15) is 20.7 Å². The van der Waals surface area contributed by atoms with Gasteiger partial charge in [-0.15, -0.1) is 0 Å². The van der Waals surface area contributed by atoms with Crippen molar-refractivity contribution in [3.05, 3.63) is 29.3 Å². The summed E-state index contributed by atoms with van der Waals surface area (Å²) in [6.07, 6.45) is 0. The van der Waals surface area contributed by atoms with Gasteiger partial charge >= 0.3 is 11.9 Å². The lowest BCUT2D eigenvalue weighted by atomic mass is 10.1. The van der Waals surface area contributed by atoms with E-state index in [0.29, 0.717) is 26.2 Å². The number of benzene rings is 1. The van der Waals surface area contributed by atoms with Gasteiger partial charge in [0.1, 0.15) is 0 Å². The number of nitrogens with one attached hydrogen (secondary N) is 3. The van der Waals surface area contributed by atoms with E-state index in [0.717, 1.165) is 0 Å². The normalized spacial score (nSPS) is 10.3. The zero-order valence-corrected chi connectivity index (χ0v) is 14.3. The Balaban J connectivity index is 2.40. The lowest BCUT2D eigenvalue weighted by Crippen LogP contribution is -2.19. The molecule has 12 heteroatoms. The Kier molecular flexibility index (Phi) is 6.79. The highest BCUT2D eigenvalue weighted by atomic mass is 16.4. The first kappa shape index (κ1) is 19.8. The van der Waals surface area contributed by atoms with Crippen LogP contribution in [0.25, 0.3) is 0 Å². The average Bonchev–Trinajstić information content (AvgIpc) is 2.64. The maximum atomic E-state index is 11.4. The van der Waals surface area contributed by atoms with Crippen LogP contribution in [-0.4, -0.2) is 63.3 Å². The number of nitrogens with two attached hydrogens (primary N) is 2. The topological polar surface area (TPSA) is 201 Å². The predicted molar refractivity (Wildman–Crippen MR) is 98.6 cm³/mol. The summed E-state index contributed by atoms with van der Waals surface area (Å²) in [5, 5.41) is 27.0. The fourth-order valence-corrected chi connectivity index (χ4v) is 2.05. The van der Waals surface area contributed by atoms with E-state index in [4.69, 9.17) is 16.6 Å². The van der Waals surface area contributed by atoms with Crippen molar-refractivity contribution in [1.82, 2.24) is 15.0 Å². The largest absolute Gasteiger partial charge is 0.478 e. The Bertz CT molecular complexity index is 803. The van der Waals surface area contributed by atoms with Crippen molar-refractivity contribution >= 4 is 35.5 Å². The van der Waals surface area contributed by atoms with E-state index in [9.17, 15) is 14.7 Å². The second-order valence-corrected chi connectivity index (χ2v) is 5.23. The molecule has 0 aliphatic heterocycles. The van der Waals surface area contributed by atoms with E-state index in [1.165, 1.54) is 18.2 Å². The van der Waals surface area contributed by atoms with Gasteiger partial charge in [-0.1, -0.05) is 0 Å². The minimum absolute atomic E-state index is 0.0223. The van der Waals surface area contributed by atoms with Crippen LogP contribution in [0.4, 0.5) is 23.5 Å². The first-order valence-electron chi connectivity index (χ1n) is 7.96. The molecule has 0 amide bonds. The number of carbonyl (C=O) groups is 2. The average molecular weight is 376 g/mol. The van der Waals surface area contributed by atoms with Crippen LogP contribution in [0.15, 0.2) is 18.2 Å². The van der Waals surface area contributed by atoms with Gasteiger partial charge in [0.05, 0.1) is 16.8 Å². The smallest absolute Gasteiger partial charge is 0.337 e. The van der Waals surface area contributed by atoms with Gasteiger partial charge in [0, 0.05) is 26.2 Å². The number of carboxylic acid groups (broad SMARTS) is 2. The summed E-state index contributed by atoms with van der Waals surface area (Å²) in [5.41, 5.74) is 10.7. The number of rotatable bonds is 10. The molecule has 0 aliphatic carbocycles. The molecule has 144 valence electrons. The number of nitrogens with zero attached hydrogens (tertiary/aromatic N) is 3. The Morgan fingerprint density at radius 1 is 0.889 bits per heavy atom. The molecule has 0 saturated heterocycles. The van der Waals surface area contributed by atoms with E-state index < -0.39 is 11.9 Å². The first-order chi connectivity index (χ1) is 12.9. The Morgan fingerprint density at radius 2 is 1.44 bits per heavy atom. The van der Waals surface area contributed by atoms with Crippen LogP contribution < -0.4 is 27.4 Å². The molecule has 0 radical (unpaired) electrons. The standard InChI is InChI=1S/C15H20N8O4/c16-3-5-18-13-21-14(19-6-4-17)23-15(22-13)20-10-7-8(11(24)25)1-2-9(10)12(26)27/h1-2,7H,3-6,16-17H2,(H,24,25)(H,26,27)(H3,18,19,20,21,22,23). The van der Waals surface area contributed by atoms with Crippen LogP contribution in [-0.2, 0) is 0 Å². The molecular formula is C15H20N8O4. The number of anilines is 4. The molecule has 2 aromatic rings. The molecule has 1 heterocycles. The highest BCUT2D eigenvalue weighted by Gasteiger charge is 2.15. The van der Waals surface area contributed by atoms with Crippen molar-refractivity contribution in [2.75, 3.05) is 42.1 Å². The molecule has 0 unspecified atom stereocenters. The van der Waals surface area contributed by atoms with Gasteiger partial charge in [-0.2, -0.15) is 15.0 Å². The monoisotopic (exact) mass is 376 g/mol. The second kappa shape index (κ2) is 9.26. The van der Waals surface area contributed by atoms with Gasteiger partial charge in [-0.25, -0.2) is 9.59 Å². The lowest BCUT2D eigenvalue weighted by molar-refractivity contribution is 0.0682. The highest BCUT2D eigenvalue weighted by molar-refractivity contribution is 5.98. The molecule has 1 aromatic heterocycles. The molecule has 0 bridgehead atoms. The Morgan fingerprint density at radius 3 is 1.93 bits per heavy atom. The van der Waals surface area contributed by atoms with E-state index in [-0.39, 0.29) is 34.7 Å². The van der Waals surface area contributed by atoms with Crippen molar-refractivity contribution in [2.24, 2.45) is 11.5 Å². The molecule has 0 aliphatic rings. The van der Waals surface area contributed by atoms with Gasteiger partial charge in [-0.3, -0.25) is 0 Å². The second-order valence-electron chi connectivity index (χ2n) is 5.23. The van der Waals surface area contributed by atoms with E-state index >= 15 is 0 Å². The number of aromatic nitrogens is 3. The summed E-state index contributed by atoms with van der Waals surface area (Å²) in [6.45, 7) is 1.52. The van der Waals surface area contributed by atoms with Crippen molar-refractivity contribution in [2.45, 2.75) is 0 Å². The summed E-state index contributed by atoms with van der Waals surface area (Å²) in [5.74, 6) is -1.98. The molecular weight excluding hydrogens is 356 g/mol. The van der Waals surface area contributed by atoms with Gasteiger partial charge in [0.2, 0.25) is 17.8 Å². The minimum Gasteiger partial charge on any atom is -0.478 e. The predicted octanol–water partition coefficient (Wildman–Crippen LogP) is -0.247. The summed E-state index contributed by atoms with van der Waals surface area (Å²) in [4.78, 5) is 35.0. The fourth-order valence-electron chi connectivity index (χ4n) is 2.05. The quantitative estimate of drug-likeness (QED) is 0.287. The third-order valence-corrected chi connectivity index (χ3v) is 3.23. The molecule has 12 nitrogen and oxygen atoms in total. The Labute approximate surface area is 154 Å². The van der Waals surface area contributed by atoms with Crippen LogP contribution >= 0.6 is 0 Å². The Hall–Kier alpha value is -3.51. The zero-order chi connectivity index (χ0) is 19.8. The number of hydrogen-bond acceptors (Lipinski definition) is 10. The first-order valence-corrected chi connectivity index (χ1v) is 7.96. The number of aromatic carboxylic acids is 2. The lowest BCUT2D eigenvalue weighted by Gasteiger charge is -2.12. The molecule has 27 heavy (non-hydrogen) atoms. The third-order valence-electron chi connectivity index (χ3n) is 3.23. The van der Waals surface area contributed by atoms with E-state index in [2.05, 4.69) is 30.9 Å². The number of carboxylic acids is 2. The summed E-state index contributed by atoms with van der Waals surface area (Å²) in [7, 11) is 0. The molecule has 0 spiro atoms. The summed E-state index contributed by atoms with van der Waals surface area (Å²) < 4.78 is 0. The van der Waals surface area contributed by atoms with Crippen LogP contribution in [0, 0.1) is 0 Å². The number of hydrogen-bond donors (Lipinski definition) is 7. The van der Waals surface area contributed by atoms with Gasteiger partial charge in [0.25, 0.3) is 0 Å². The molecule has 0 atom stereocenters. The molecule has 0 saturated carbocycles. The molecule has 0 fully saturated rings. The molecule has 2 rings (SSSR count). The summed E-state index contributed by atoms with van der Waals surface area (Å²) in [6, 6.07) is 3.58. The fraction of sp³-hybridized carbons (Fsp3) is 0.267. The van der Waals surface area contributed by atoms with Crippen molar-refractivity contribution in [3.8, 4) is 0 Å². The van der Waals surface area contributed by atoms with Gasteiger partial charge in [0.15, 0.2) is 0 Å². The van der Waals surface area contributed by atoms with E-state index in [1.807, 2.05) is 0 Å². The van der Waals surface area contributed by atoms with Gasteiger partial charge in [-0.05, 0) is 18.2 Å². The zero-order valence-electron chi connectivity index (χ0n) is 14.3. The maximum Gasteiger partial charge on any atom is 0.337 e. The molecule has 9 N–H and O–H groups in total. The highest BCUT2D eigenvalue weighted by Crippen LogP contribution is 2.22. The van der Waals surface area contributed by atoms with Crippen molar-refractivity contribution < 1.29 is 19.8 Å². The minimum atomic E-state index is -1.23. The van der Waals surface area contributed by atoms with Crippen molar-refractivity contribution in [1.29, 1.82) is 0 Å². The third kappa shape index (κ3) is 5.49. The SMILES string of the molecule is NCCNc1nc(NCCN)nc(Nc2cc(C(=O)O)ccc2C(=O)O)n1. The molecule has 1 aromatic carbocycles. The maximum absolute atomic E-state index is 11.4.